The van der Waals surface area contributed by atoms with Gasteiger partial charge in [0.05, 0.1) is 5.56 Å². The van der Waals surface area contributed by atoms with Gasteiger partial charge in [0.2, 0.25) is 6.79 Å². The van der Waals surface area contributed by atoms with E-state index in [0.717, 1.165) is 38.2 Å². The Labute approximate surface area is 254 Å². The van der Waals surface area contributed by atoms with E-state index in [1.54, 1.807) is 44.2 Å². The van der Waals surface area contributed by atoms with E-state index >= 15 is 0 Å². The molecule has 0 amide bonds. The van der Waals surface area contributed by atoms with Gasteiger partial charge in [-0.2, -0.15) is 0 Å². The molecule has 5 rings (SSSR count). The minimum Gasteiger partial charge on any atom is -0.457 e. The van der Waals surface area contributed by atoms with Crippen molar-refractivity contribution in [2.45, 2.75) is 20.5 Å². The van der Waals surface area contributed by atoms with Gasteiger partial charge in [-0.3, -0.25) is 0 Å². The standard InChI is InChI=1S/C37H30O7/c1-23(2)35(38)41-21-25-5-7-26(8-6-25)27-9-10-31-20-34(16-14-28(31)17-27)44-37(40)32-12-11-30-19-33(15-13-29(30)18-32)42-22-43-36(39)24(3)4/h5-20H,1,3,21-22H2,2,4H3. The molecule has 0 atom stereocenters. The van der Waals surface area contributed by atoms with E-state index in [9.17, 15) is 14.4 Å². The summed E-state index contributed by atoms with van der Waals surface area (Å²) in [5.74, 6) is -0.427. The maximum atomic E-state index is 13.0. The van der Waals surface area contributed by atoms with Crippen molar-refractivity contribution in [3.8, 4) is 22.6 Å². The molecule has 0 N–H and O–H groups in total. The van der Waals surface area contributed by atoms with Crippen LogP contribution >= 0.6 is 0 Å². The Morgan fingerprint density at radius 1 is 0.591 bits per heavy atom. The summed E-state index contributed by atoms with van der Waals surface area (Å²) in [6.07, 6.45) is 0. The first-order chi connectivity index (χ1) is 21.2. The van der Waals surface area contributed by atoms with Crippen molar-refractivity contribution in [2.75, 3.05) is 6.79 Å². The highest BCUT2D eigenvalue weighted by atomic mass is 16.7. The summed E-state index contributed by atoms with van der Waals surface area (Å²) in [7, 11) is 0. The molecule has 0 aliphatic heterocycles. The van der Waals surface area contributed by atoms with Crippen LogP contribution in [-0.4, -0.2) is 24.7 Å². The second-order valence-electron chi connectivity index (χ2n) is 10.4. The molecule has 44 heavy (non-hydrogen) atoms. The lowest BCUT2D eigenvalue weighted by atomic mass is 10.0. The first kappa shape index (κ1) is 29.8. The smallest absolute Gasteiger partial charge is 0.343 e. The Morgan fingerprint density at radius 2 is 1.14 bits per heavy atom. The third kappa shape index (κ3) is 7.20. The van der Waals surface area contributed by atoms with Crippen LogP contribution < -0.4 is 9.47 Å². The molecule has 7 heteroatoms. The lowest BCUT2D eigenvalue weighted by molar-refractivity contribution is -0.145. The molecule has 0 unspecified atom stereocenters. The van der Waals surface area contributed by atoms with Gasteiger partial charge in [0.15, 0.2) is 0 Å². The van der Waals surface area contributed by atoms with Crippen molar-refractivity contribution in [2.24, 2.45) is 0 Å². The fourth-order valence-electron chi connectivity index (χ4n) is 4.41. The van der Waals surface area contributed by atoms with Crippen molar-refractivity contribution < 1.29 is 33.3 Å². The minimum absolute atomic E-state index is 0.191. The molecule has 0 radical (unpaired) electrons. The number of ether oxygens (including phenoxy) is 4. The van der Waals surface area contributed by atoms with Crippen LogP contribution in [0.15, 0.2) is 121 Å². The molecular weight excluding hydrogens is 556 g/mol. The quantitative estimate of drug-likeness (QED) is 0.0710. The highest BCUT2D eigenvalue weighted by molar-refractivity contribution is 5.97. The van der Waals surface area contributed by atoms with Crippen LogP contribution in [0.2, 0.25) is 0 Å². The Kier molecular flexibility index (Phi) is 8.86. The zero-order chi connectivity index (χ0) is 31.2. The fraction of sp³-hybridized carbons (Fsp3) is 0.108. The van der Waals surface area contributed by atoms with E-state index in [1.807, 2.05) is 60.7 Å². The first-order valence-corrected chi connectivity index (χ1v) is 13.8. The number of hydrogen-bond acceptors (Lipinski definition) is 7. The SMILES string of the molecule is C=C(C)C(=O)OCOc1ccc2cc(C(=O)Oc3ccc4cc(-c5ccc(COC(=O)C(=C)C)cc5)ccc4c3)ccc2c1. The molecule has 0 aliphatic rings. The van der Waals surface area contributed by atoms with E-state index in [0.29, 0.717) is 28.2 Å². The van der Waals surface area contributed by atoms with Crippen molar-refractivity contribution in [1.29, 1.82) is 0 Å². The van der Waals surface area contributed by atoms with Gasteiger partial charge in [-0.05, 0) is 94.5 Å². The third-order valence-corrected chi connectivity index (χ3v) is 6.84. The summed E-state index contributed by atoms with van der Waals surface area (Å²) in [6.45, 7) is 10.3. The number of benzene rings is 5. The molecule has 7 nitrogen and oxygen atoms in total. The van der Waals surface area contributed by atoms with Crippen LogP contribution in [0.1, 0.15) is 29.8 Å². The van der Waals surface area contributed by atoms with Crippen molar-refractivity contribution in [3.05, 3.63) is 132 Å². The Balaban J connectivity index is 1.22. The monoisotopic (exact) mass is 586 g/mol. The number of rotatable bonds is 10. The number of hydrogen-bond donors (Lipinski definition) is 0. The van der Waals surface area contributed by atoms with Crippen LogP contribution in [0.3, 0.4) is 0 Å². The predicted molar refractivity (Wildman–Crippen MR) is 169 cm³/mol. The van der Waals surface area contributed by atoms with Crippen LogP contribution in [0, 0.1) is 0 Å². The average Bonchev–Trinajstić information content (AvgIpc) is 3.03. The molecule has 0 spiro atoms. The molecule has 0 heterocycles. The van der Waals surface area contributed by atoms with Crippen LogP contribution in [0.5, 0.6) is 11.5 Å². The van der Waals surface area contributed by atoms with Gasteiger partial charge in [0.25, 0.3) is 0 Å². The lowest BCUT2D eigenvalue weighted by Gasteiger charge is -2.10. The van der Waals surface area contributed by atoms with Gasteiger partial charge in [-0.15, -0.1) is 0 Å². The summed E-state index contributed by atoms with van der Waals surface area (Å²) in [6, 6.07) is 30.0. The Bertz CT molecular complexity index is 1920. The second kappa shape index (κ2) is 13.1. The van der Waals surface area contributed by atoms with E-state index in [-0.39, 0.29) is 13.4 Å². The number of esters is 3. The number of fused-ring (bicyclic) bond motifs is 2. The van der Waals surface area contributed by atoms with E-state index in [2.05, 4.69) is 19.2 Å². The maximum Gasteiger partial charge on any atom is 0.343 e. The summed E-state index contributed by atoms with van der Waals surface area (Å²) in [4.78, 5) is 36.1. The highest BCUT2D eigenvalue weighted by Crippen LogP contribution is 2.28. The Hall–Kier alpha value is -5.69. The zero-order valence-electron chi connectivity index (χ0n) is 24.4. The lowest BCUT2D eigenvalue weighted by Crippen LogP contribution is -2.10. The summed E-state index contributed by atoms with van der Waals surface area (Å²) in [5.41, 5.74) is 4.02. The highest BCUT2D eigenvalue weighted by Gasteiger charge is 2.12. The molecule has 0 fully saturated rings. The third-order valence-electron chi connectivity index (χ3n) is 6.84. The van der Waals surface area contributed by atoms with Gasteiger partial charge in [-0.1, -0.05) is 67.8 Å². The zero-order valence-corrected chi connectivity index (χ0v) is 24.4. The predicted octanol–water partition coefficient (Wildman–Crippen LogP) is 7.95. The largest absolute Gasteiger partial charge is 0.457 e. The van der Waals surface area contributed by atoms with Crippen LogP contribution in [0.25, 0.3) is 32.7 Å². The molecule has 0 saturated carbocycles. The normalized spacial score (nSPS) is 10.7. The maximum absolute atomic E-state index is 13.0. The topological polar surface area (TPSA) is 88.1 Å². The minimum atomic E-state index is -0.519. The van der Waals surface area contributed by atoms with Gasteiger partial charge >= 0.3 is 17.9 Å². The first-order valence-electron chi connectivity index (χ1n) is 13.8. The van der Waals surface area contributed by atoms with Crippen LogP contribution in [0.4, 0.5) is 0 Å². The summed E-state index contributed by atoms with van der Waals surface area (Å²) < 4.78 is 21.4. The molecule has 220 valence electrons. The molecule has 0 aromatic heterocycles. The number of carbonyl (C=O) groups is 3. The number of carbonyl (C=O) groups excluding carboxylic acids is 3. The molecule has 0 bridgehead atoms. The second-order valence-corrected chi connectivity index (χ2v) is 10.4. The van der Waals surface area contributed by atoms with Crippen molar-refractivity contribution in [1.82, 2.24) is 0 Å². The van der Waals surface area contributed by atoms with Gasteiger partial charge in [0, 0.05) is 11.1 Å². The average molecular weight is 587 g/mol. The van der Waals surface area contributed by atoms with Gasteiger partial charge in [0.1, 0.15) is 18.1 Å². The molecular formula is C37H30O7. The van der Waals surface area contributed by atoms with Crippen molar-refractivity contribution in [3.63, 3.8) is 0 Å². The van der Waals surface area contributed by atoms with Crippen LogP contribution in [-0.2, 0) is 25.7 Å². The fourth-order valence-corrected chi connectivity index (χ4v) is 4.41. The Morgan fingerprint density at radius 3 is 1.84 bits per heavy atom. The van der Waals surface area contributed by atoms with E-state index < -0.39 is 17.9 Å². The van der Waals surface area contributed by atoms with Gasteiger partial charge in [-0.25, -0.2) is 14.4 Å². The van der Waals surface area contributed by atoms with Crippen molar-refractivity contribution >= 4 is 39.5 Å². The molecule has 0 aliphatic carbocycles. The van der Waals surface area contributed by atoms with Gasteiger partial charge < -0.3 is 18.9 Å². The molecule has 5 aromatic carbocycles. The molecule has 5 aromatic rings. The van der Waals surface area contributed by atoms with E-state index in [1.165, 1.54) is 0 Å². The molecule has 0 saturated heterocycles. The summed E-state index contributed by atoms with van der Waals surface area (Å²) >= 11 is 0. The summed E-state index contributed by atoms with van der Waals surface area (Å²) in [5, 5.41) is 3.62. The van der Waals surface area contributed by atoms with E-state index in [4.69, 9.17) is 18.9 Å².